The number of carboxylic acid groups (broad SMARTS) is 1. The molecule has 6 nitrogen and oxygen atoms in total. The first-order valence-electron chi connectivity index (χ1n) is 5.34. The molecule has 0 aliphatic heterocycles. The van der Waals surface area contributed by atoms with E-state index in [0.717, 1.165) is 11.5 Å². The number of nitrogens with zero attached hydrogens (tertiary/aromatic N) is 1. The predicted molar refractivity (Wildman–Crippen MR) is 66.4 cm³/mol. The van der Waals surface area contributed by atoms with Gasteiger partial charge in [0.2, 0.25) is 0 Å². The lowest BCUT2D eigenvalue weighted by Gasteiger charge is -2.06. The normalized spacial score (nSPS) is 10.3. The van der Waals surface area contributed by atoms with Crippen molar-refractivity contribution in [1.29, 1.82) is 0 Å². The summed E-state index contributed by atoms with van der Waals surface area (Å²) in [5, 5.41) is 11.9. The van der Waals surface area contributed by atoms with E-state index in [2.05, 4.69) is 10.3 Å². The molecular weight excluding hydrogens is 234 g/mol. The van der Waals surface area contributed by atoms with E-state index < -0.39 is 5.97 Å². The molecule has 0 radical (unpaired) electrons. The highest BCUT2D eigenvalue weighted by atomic mass is 16.4. The second kappa shape index (κ2) is 4.79. The van der Waals surface area contributed by atoms with E-state index in [0.29, 0.717) is 12.4 Å². The minimum absolute atomic E-state index is 0.0307. The van der Waals surface area contributed by atoms with Crippen LogP contribution in [-0.2, 0) is 6.54 Å². The SMILES string of the molecule is Cc1ccc(CNc2cc(C(=O)O)c(N)cn2)o1. The highest BCUT2D eigenvalue weighted by Crippen LogP contribution is 2.16. The van der Waals surface area contributed by atoms with Crippen molar-refractivity contribution in [3.63, 3.8) is 0 Å². The highest BCUT2D eigenvalue weighted by Gasteiger charge is 2.09. The van der Waals surface area contributed by atoms with Crippen LogP contribution in [0.25, 0.3) is 0 Å². The van der Waals surface area contributed by atoms with Gasteiger partial charge in [-0.05, 0) is 25.1 Å². The van der Waals surface area contributed by atoms with Crippen LogP contribution in [0.4, 0.5) is 11.5 Å². The molecule has 0 aromatic carbocycles. The summed E-state index contributed by atoms with van der Waals surface area (Å²) in [5.41, 5.74) is 5.68. The maximum atomic E-state index is 10.9. The van der Waals surface area contributed by atoms with Crippen LogP contribution >= 0.6 is 0 Å². The first-order valence-corrected chi connectivity index (χ1v) is 5.34. The number of aryl methyl sites for hydroxylation is 1. The number of anilines is 2. The van der Waals surface area contributed by atoms with Crippen molar-refractivity contribution < 1.29 is 14.3 Å². The fraction of sp³-hybridized carbons (Fsp3) is 0.167. The maximum absolute atomic E-state index is 10.9. The van der Waals surface area contributed by atoms with Gasteiger partial charge in [-0.15, -0.1) is 0 Å². The van der Waals surface area contributed by atoms with Crippen LogP contribution < -0.4 is 11.1 Å². The monoisotopic (exact) mass is 247 g/mol. The summed E-state index contributed by atoms with van der Waals surface area (Å²) in [4.78, 5) is 14.9. The number of aromatic carboxylic acids is 1. The van der Waals surface area contributed by atoms with Gasteiger partial charge in [0.25, 0.3) is 0 Å². The lowest BCUT2D eigenvalue weighted by Crippen LogP contribution is -2.06. The largest absolute Gasteiger partial charge is 0.478 e. The summed E-state index contributed by atoms with van der Waals surface area (Å²) in [6.07, 6.45) is 1.32. The molecular formula is C12H13N3O3. The van der Waals surface area contributed by atoms with E-state index >= 15 is 0 Å². The van der Waals surface area contributed by atoms with Crippen molar-refractivity contribution in [3.05, 3.63) is 41.5 Å². The molecule has 0 atom stereocenters. The average Bonchev–Trinajstić information content (AvgIpc) is 2.74. The molecule has 0 aliphatic carbocycles. The van der Waals surface area contributed by atoms with Crippen molar-refractivity contribution in [2.75, 3.05) is 11.1 Å². The van der Waals surface area contributed by atoms with Crippen LogP contribution in [0, 0.1) is 6.92 Å². The Bertz CT molecular complexity index is 578. The lowest BCUT2D eigenvalue weighted by molar-refractivity contribution is 0.0698. The summed E-state index contributed by atoms with van der Waals surface area (Å²) in [6, 6.07) is 5.10. The van der Waals surface area contributed by atoms with E-state index in [-0.39, 0.29) is 11.3 Å². The fourth-order valence-electron chi connectivity index (χ4n) is 1.51. The van der Waals surface area contributed by atoms with Crippen molar-refractivity contribution in [2.45, 2.75) is 13.5 Å². The van der Waals surface area contributed by atoms with Crippen LogP contribution in [0.3, 0.4) is 0 Å². The molecule has 0 bridgehead atoms. The van der Waals surface area contributed by atoms with Crippen LogP contribution in [-0.4, -0.2) is 16.1 Å². The molecule has 2 heterocycles. The Hall–Kier alpha value is -2.50. The Morgan fingerprint density at radius 1 is 1.56 bits per heavy atom. The summed E-state index contributed by atoms with van der Waals surface area (Å²) in [7, 11) is 0. The van der Waals surface area contributed by atoms with E-state index in [1.807, 2.05) is 19.1 Å². The average molecular weight is 247 g/mol. The summed E-state index contributed by atoms with van der Waals surface area (Å²) >= 11 is 0. The molecule has 18 heavy (non-hydrogen) atoms. The Labute approximate surface area is 103 Å². The molecule has 2 aromatic rings. The number of nitrogens with two attached hydrogens (primary N) is 1. The standard InChI is InChI=1S/C12H13N3O3/c1-7-2-3-8(18-7)5-14-11-4-9(12(16)17)10(13)6-15-11/h2-4,6H,5,13H2,1H3,(H,14,15)(H,16,17). The molecule has 0 aliphatic rings. The Morgan fingerprint density at radius 3 is 2.94 bits per heavy atom. The van der Waals surface area contributed by atoms with Gasteiger partial charge in [0.15, 0.2) is 0 Å². The Morgan fingerprint density at radius 2 is 2.33 bits per heavy atom. The quantitative estimate of drug-likeness (QED) is 0.762. The molecule has 0 fully saturated rings. The van der Waals surface area contributed by atoms with Crippen LogP contribution in [0.1, 0.15) is 21.9 Å². The van der Waals surface area contributed by atoms with E-state index in [1.165, 1.54) is 12.3 Å². The lowest BCUT2D eigenvalue weighted by atomic mass is 10.2. The van der Waals surface area contributed by atoms with Gasteiger partial charge >= 0.3 is 5.97 Å². The molecule has 0 unspecified atom stereocenters. The molecule has 94 valence electrons. The zero-order valence-corrected chi connectivity index (χ0v) is 9.80. The number of carboxylic acids is 1. The van der Waals surface area contributed by atoms with Crippen LogP contribution in [0.5, 0.6) is 0 Å². The van der Waals surface area contributed by atoms with Gasteiger partial charge in [-0.3, -0.25) is 0 Å². The maximum Gasteiger partial charge on any atom is 0.337 e. The Kier molecular flexibility index (Phi) is 3.18. The zero-order chi connectivity index (χ0) is 13.1. The number of hydrogen-bond acceptors (Lipinski definition) is 5. The zero-order valence-electron chi connectivity index (χ0n) is 9.80. The van der Waals surface area contributed by atoms with Gasteiger partial charge in [0.05, 0.1) is 24.0 Å². The van der Waals surface area contributed by atoms with Gasteiger partial charge < -0.3 is 20.6 Å². The van der Waals surface area contributed by atoms with Crippen molar-refractivity contribution in [1.82, 2.24) is 4.98 Å². The number of hydrogen-bond donors (Lipinski definition) is 3. The number of nitrogens with one attached hydrogen (secondary N) is 1. The molecule has 4 N–H and O–H groups in total. The third-order valence-electron chi connectivity index (χ3n) is 2.40. The third-order valence-corrected chi connectivity index (χ3v) is 2.40. The van der Waals surface area contributed by atoms with Crippen molar-refractivity contribution in [2.24, 2.45) is 0 Å². The number of nitrogen functional groups attached to an aromatic ring is 1. The fourth-order valence-corrected chi connectivity index (χ4v) is 1.51. The number of pyridine rings is 1. The second-order valence-electron chi connectivity index (χ2n) is 3.83. The number of aromatic nitrogens is 1. The number of rotatable bonds is 4. The van der Waals surface area contributed by atoms with Crippen LogP contribution in [0.15, 0.2) is 28.8 Å². The molecule has 2 aromatic heterocycles. The second-order valence-corrected chi connectivity index (χ2v) is 3.83. The molecule has 0 spiro atoms. The van der Waals surface area contributed by atoms with E-state index in [4.69, 9.17) is 15.3 Å². The van der Waals surface area contributed by atoms with Gasteiger partial charge in [0.1, 0.15) is 17.3 Å². The van der Waals surface area contributed by atoms with Crippen molar-refractivity contribution >= 4 is 17.5 Å². The first-order chi connectivity index (χ1) is 8.56. The predicted octanol–water partition coefficient (Wildman–Crippen LogP) is 1.88. The molecule has 2 rings (SSSR count). The summed E-state index contributed by atoms with van der Waals surface area (Å²) in [5.74, 6) is 0.939. The molecule has 6 heteroatoms. The summed E-state index contributed by atoms with van der Waals surface area (Å²) < 4.78 is 5.38. The Balaban J connectivity index is 2.10. The van der Waals surface area contributed by atoms with E-state index in [1.54, 1.807) is 0 Å². The highest BCUT2D eigenvalue weighted by molar-refractivity contribution is 5.94. The minimum atomic E-state index is -1.08. The number of furan rings is 1. The molecule has 0 amide bonds. The molecule has 0 saturated carbocycles. The van der Waals surface area contributed by atoms with Gasteiger partial charge in [-0.25, -0.2) is 9.78 Å². The first kappa shape index (κ1) is 12.0. The smallest absolute Gasteiger partial charge is 0.337 e. The van der Waals surface area contributed by atoms with Gasteiger partial charge in [0, 0.05) is 0 Å². The molecule has 0 saturated heterocycles. The minimum Gasteiger partial charge on any atom is -0.478 e. The van der Waals surface area contributed by atoms with Crippen LogP contribution in [0.2, 0.25) is 0 Å². The topological polar surface area (TPSA) is 101 Å². The third kappa shape index (κ3) is 2.60. The van der Waals surface area contributed by atoms with Gasteiger partial charge in [-0.1, -0.05) is 0 Å². The summed E-state index contributed by atoms with van der Waals surface area (Å²) in [6.45, 7) is 2.29. The van der Waals surface area contributed by atoms with Crippen molar-refractivity contribution in [3.8, 4) is 0 Å². The number of carbonyl (C=O) groups is 1. The van der Waals surface area contributed by atoms with E-state index in [9.17, 15) is 4.79 Å². The van der Waals surface area contributed by atoms with Gasteiger partial charge in [-0.2, -0.15) is 0 Å².